The van der Waals surface area contributed by atoms with Crippen molar-refractivity contribution in [3.63, 3.8) is 0 Å². The van der Waals surface area contributed by atoms with Gasteiger partial charge in [0.15, 0.2) is 0 Å². The van der Waals surface area contributed by atoms with Crippen molar-refractivity contribution < 1.29 is 19.0 Å². The molecule has 0 spiro atoms. The summed E-state index contributed by atoms with van der Waals surface area (Å²) in [5.41, 5.74) is 0.162. The molecule has 21 heavy (non-hydrogen) atoms. The van der Waals surface area contributed by atoms with Crippen LogP contribution in [0.4, 0.5) is 4.39 Å². The second kappa shape index (κ2) is 7.55. The molecule has 116 valence electrons. The van der Waals surface area contributed by atoms with E-state index in [4.69, 9.17) is 4.74 Å². The minimum absolute atomic E-state index is 0.162. The summed E-state index contributed by atoms with van der Waals surface area (Å²) in [6.07, 6.45) is 4.23. The first-order chi connectivity index (χ1) is 10.1. The van der Waals surface area contributed by atoms with Gasteiger partial charge in [-0.05, 0) is 31.7 Å². The summed E-state index contributed by atoms with van der Waals surface area (Å²) in [7, 11) is 0. The minimum atomic E-state index is -1.14. The molecule has 0 amide bonds. The molecule has 0 heterocycles. The molecule has 0 unspecified atom stereocenters. The summed E-state index contributed by atoms with van der Waals surface area (Å²) in [5.74, 6) is -0.394. The largest absolute Gasteiger partial charge is 0.460 e. The highest BCUT2D eigenvalue weighted by atomic mass is 19.1. The smallest absolute Gasteiger partial charge is 0.306 e. The Hall–Kier alpha value is -1.42. The van der Waals surface area contributed by atoms with Crippen LogP contribution in [0, 0.1) is 11.7 Å². The van der Waals surface area contributed by atoms with Gasteiger partial charge >= 0.3 is 5.97 Å². The molecule has 0 bridgehead atoms. The maximum absolute atomic E-state index is 13.6. The third-order valence-corrected chi connectivity index (χ3v) is 4.17. The van der Waals surface area contributed by atoms with E-state index in [9.17, 15) is 14.3 Å². The minimum Gasteiger partial charge on any atom is -0.460 e. The van der Waals surface area contributed by atoms with E-state index in [-0.39, 0.29) is 11.5 Å². The normalized spacial score (nSPS) is 19.0. The van der Waals surface area contributed by atoms with Crippen molar-refractivity contribution >= 4 is 5.97 Å². The van der Waals surface area contributed by atoms with Crippen molar-refractivity contribution in [2.24, 2.45) is 5.92 Å². The van der Waals surface area contributed by atoms with Crippen molar-refractivity contribution in [1.29, 1.82) is 0 Å². The van der Waals surface area contributed by atoms with Gasteiger partial charge in [-0.25, -0.2) is 4.39 Å². The molecule has 1 fully saturated rings. The van der Waals surface area contributed by atoms with E-state index in [1.807, 2.05) is 0 Å². The zero-order valence-corrected chi connectivity index (χ0v) is 12.4. The Balaban J connectivity index is 1.86. The molecule has 1 aromatic rings. The molecule has 1 aromatic carbocycles. The van der Waals surface area contributed by atoms with E-state index in [1.54, 1.807) is 19.1 Å². The molecule has 4 heteroatoms. The number of halogens is 1. The van der Waals surface area contributed by atoms with Gasteiger partial charge in [-0.1, -0.05) is 37.5 Å². The summed E-state index contributed by atoms with van der Waals surface area (Å²) in [5, 5.41) is 10.1. The number of carbonyl (C=O) groups excluding carboxylic acids is 1. The first kappa shape index (κ1) is 16.0. The Kier molecular flexibility index (Phi) is 5.74. The number of hydrogen-bond acceptors (Lipinski definition) is 3. The van der Waals surface area contributed by atoms with E-state index in [2.05, 4.69) is 0 Å². The maximum atomic E-state index is 13.6. The van der Waals surface area contributed by atoms with Gasteiger partial charge < -0.3 is 9.84 Å². The van der Waals surface area contributed by atoms with Gasteiger partial charge in [0.25, 0.3) is 0 Å². The van der Waals surface area contributed by atoms with Crippen LogP contribution in [0.2, 0.25) is 0 Å². The molecule has 0 radical (unpaired) electrons. The number of esters is 1. The standard InChI is InChI=1S/C17H23FO3/c1-12(17(20)14-9-5-6-10-15(14)18)21-16(19)11-13-7-3-2-4-8-13/h5-6,9-10,12-13,17,20H,2-4,7-8,11H2,1H3/t12-,17+/m0/s1. The van der Waals surface area contributed by atoms with Crippen molar-refractivity contribution in [2.75, 3.05) is 0 Å². The SMILES string of the molecule is C[C@H](OC(=O)CC1CCCCC1)[C@@H](O)c1ccccc1F. The average molecular weight is 294 g/mol. The second-order valence-electron chi connectivity index (χ2n) is 5.87. The van der Waals surface area contributed by atoms with Gasteiger partial charge in [-0.15, -0.1) is 0 Å². The molecule has 1 aliphatic rings. The molecule has 2 rings (SSSR count). The zero-order valence-electron chi connectivity index (χ0n) is 12.4. The number of rotatable bonds is 5. The summed E-state index contributed by atoms with van der Waals surface area (Å²) in [6, 6.07) is 6.00. The molecular weight excluding hydrogens is 271 g/mol. The van der Waals surface area contributed by atoms with Gasteiger partial charge in [0, 0.05) is 12.0 Å². The Bertz CT molecular complexity index is 469. The number of hydrogen-bond donors (Lipinski definition) is 1. The fourth-order valence-electron chi connectivity index (χ4n) is 2.91. The monoisotopic (exact) mass is 294 g/mol. The van der Waals surface area contributed by atoms with Gasteiger partial charge in [-0.2, -0.15) is 0 Å². The molecule has 0 aliphatic heterocycles. The average Bonchev–Trinajstić information content (AvgIpc) is 2.48. The maximum Gasteiger partial charge on any atom is 0.306 e. The summed E-state index contributed by atoms with van der Waals surface area (Å²) < 4.78 is 18.9. The number of carbonyl (C=O) groups is 1. The quantitative estimate of drug-likeness (QED) is 0.841. The van der Waals surface area contributed by atoms with Crippen molar-refractivity contribution in [2.45, 2.75) is 57.7 Å². The van der Waals surface area contributed by atoms with Gasteiger partial charge in [0.05, 0.1) is 0 Å². The lowest BCUT2D eigenvalue weighted by Crippen LogP contribution is -2.24. The molecule has 0 aromatic heterocycles. The van der Waals surface area contributed by atoms with Crippen LogP contribution in [-0.2, 0) is 9.53 Å². The molecule has 3 nitrogen and oxygen atoms in total. The topological polar surface area (TPSA) is 46.5 Å². The number of aliphatic hydroxyl groups is 1. The van der Waals surface area contributed by atoms with E-state index >= 15 is 0 Å². The van der Waals surface area contributed by atoms with Crippen LogP contribution in [0.5, 0.6) is 0 Å². The van der Waals surface area contributed by atoms with Crippen LogP contribution in [0.15, 0.2) is 24.3 Å². The van der Waals surface area contributed by atoms with Gasteiger partial charge in [-0.3, -0.25) is 4.79 Å². The van der Waals surface area contributed by atoms with Crippen molar-refractivity contribution in [1.82, 2.24) is 0 Å². The number of aliphatic hydroxyl groups excluding tert-OH is 1. The van der Waals surface area contributed by atoms with Crippen molar-refractivity contribution in [3.05, 3.63) is 35.6 Å². The molecule has 2 atom stereocenters. The highest BCUT2D eigenvalue weighted by Gasteiger charge is 2.24. The fraction of sp³-hybridized carbons (Fsp3) is 0.588. The van der Waals surface area contributed by atoms with Crippen molar-refractivity contribution in [3.8, 4) is 0 Å². The Morgan fingerprint density at radius 3 is 2.67 bits per heavy atom. The van der Waals surface area contributed by atoms with Crippen LogP contribution < -0.4 is 0 Å². The first-order valence-corrected chi connectivity index (χ1v) is 7.70. The van der Waals surface area contributed by atoms with Crippen LogP contribution in [0.1, 0.15) is 57.1 Å². The van der Waals surface area contributed by atoms with Gasteiger partial charge in [0.1, 0.15) is 18.0 Å². The molecule has 0 saturated heterocycles. The first-order valence-electron chi connectivity index (χ1n) is 7.70. The Morgan fingerprint density at radius 2 is 2.00 bits per heavy atom. The van der Waals surface area contributed by atoms with Crippen LogP contribution in [-0.4, -0.2) is 17.2 Å². The second-order valence-corrected chi connectivity index (χ2v) is 5.87. The lowest BCUT2D eigenvalue weighted by Gasteiger charge is -2.23. The number of benzene rings is 1. The lowest BCUT2D eigenvalue weighted by atomic mass is 9.87. The summed E-state index contributed by atoms with van der Waals surface area (Å²) in [4.78, 5) is 11.9. The van der Waals surface area contributed by atoms with E-state index < -0.39 is 18.0 Å². The highest BCUT2D eigenvalue weighted by Crippen LogP contribution is 2.27. The summed E-state index contributed by atoms with van der Waals surface area (Å²) >= 11 is 0. The number of ether oxygens (including phenoxy) is 1. The highest BCUT2D eigenvalue weighted by molar-refractivity contribution is 5.70. The Labute approximate surface area is 125 Å². The molecule has 1 saturated carbocycles. The Morgan fingerprint density at radius 1 is 1.33 bits per heavy atom. The van der Waals surface area contributed by atoms with Crippen LogP contribution >= 0.6 is 0 Å². The predicted octanol–water partition coefficient (Wildman–Crippen LogP) is 3.76. The fourth-order valence-corrected chi connectivity index (χ4v) is 2.91. The van der Waals surface area contributed by atoms with Gasteiger partial charge in [0.2, 0.25) is 0 Å². The molecular formula is C17H23FO3. The van der Waals surface area contributed by atoms with E-state index in [0.717, 1.165) is 12.8 Å². The lowest BCUT2D eigenvalue weighted by molar-refractivity contribution is -0.155. The van der Waals surface area contributed by atoms with E-state index in [0.29, 0.717) is 12.3 Å². The third-order valence-electron chi connectivity index (χ3n) is 4.17. The molecule has 1 aliphatic carbocycles. The molecule has 1 N–H and O–H groups in total. The summed E-state index contributed by atoms with van der Waals surface area (Å²) in [6.45, 7) is 1.59. The third kappa shape index (κ3) is 4.53. The zero-order chi connectivity index (χ0) is 15.2. The van der Waals surface area contributed by atoms with E-state index in [1.165, 1.54) is 31.4 Å². The van der Waals surface area contributed by atoms with Crippen LogP contribution in [0.25, 0.3) is 0 Å². The predicted molar refractivity (Wildman–Crippen MR) is 78.1 cm³/mol. The van der Waals surface area contributed by atoms with Crippen LogP contribution in [0.3, 0.4) is 0 Å².